The largest absolute Gasteiger partial charge is 0.330 e. The fraction of sp³-hybridized carbons (Fsp3) is 0.727. The lowest BCUT2D eigenvalue weighted by Gasteiger charge is -2.15. The first-order chi connectivity index (χ1) is 7.38. The van der Waals surface area contributed by atoms with E-state index in [1.165, 1.54) is 32.5 Å². The maximum atomic E-state index is 5.66. The molecule has 1 atom stereocenters. The van der Waals surface area contributed by atoms with E-state index in [2.05, 4.69) is 10.00 Å². The SMILES string of the molecule is NCC1CCN(CCCn2cccn2)C1. The molecule has 0 bridgehead atoms. The van der Waals surface area contributed by atoms with E-state index in [-0.39, 0.29) is 0 Å². The first-order valence-electron chi connectivity index (χ1n) is 5.78. The number of likely N-dealkylation sites (tertiary alicyclic amines) is 1. The van der Waals surface area contributed by atoms with Gasteiger partial charge in [0.2, 0.25) is 0 Å². The third-order valence-corrected chi connectivity index (χ3v) is 3.12. The van der Waals surface area contributed by atoms with Crippen molar-refractivity contribution in [1.29, 1.82) is 0 Å². The van der Waals surface area contributed by atoms with Crippen molar-refractivity contribution in [3.63, 3.8) is 0 Å². The summed E-state index contributed by atoms with van der Waals surface area (Å²) in [6.45, 7) is 5.46. The summed E-state index contributed by atoms with van der Waals surface area (Å²) in [5.41, 5.74) is 5.66. The van der Waals surface area contributed by atoms with Crippen LogP contribution in [0, 0.1) is 5.92 Å². The molecule has 1 saturated heterocycles. The Kier molecular flexibility index (Phi) is 3.75. The molecule has 15 heavy (non-hydrogen) atoms. The van der Waals surface area contributed by atoms with Crippen LogP contribution in [0.4, 0.5) is 0 Å². The number of aromatic nitrogens is 2. The fourth-order valence-corrected chi connectivity index (χ4v) is 2.20. The quantitative estimate of drug-likeness (QED) is 0.769. The molecule has 0 spiro atoms. The molecule has 1 aliphatic heterocycles. The van der Waals surface area contributed by atoms with Gasteiger partial charge >= 0.3 is 0 Å². The van der Waals surface area contributed by atoms with E-state index >= 15 is 0 Å². The predicted octanol–water partition coefficient (Wildman–Crippen LogP) is 0.554. The van der Waals surface area contributed by atoms with Crippen LogP contribution in [0.2, 0.25) is 0 Å². The second-order valence-electron chi connectivity index (χ2n) is 4.31. The number of rotatable bonds is 5. The van der Waals surface area contributed by atoms with E-state index in [0.717, 1.165) is 19.0 Å². The minimum Gasteiger partial charge on any atom is -0.330 e. The lowest BCUT2D eigenvalue weighted by molar-refractivity contribution is 0.310. The lowest BCUT2D eigenvalue weighted by atomic mass is 10.1. The summed E-state index contributed by atoms with van der Waals surface area (Å²) in [5, 5.41) is 4.19. The van der Waals surface area contributed by atoms with Gasteiger partial charge in [0.05, 0.1) is 0 Å². The van der Waals surface area contributed by atoms with Crippen LogP contribution in [0.3, 0.4) is 0 Å². The van der Waals surface area contributed by atoms with Gasteiger partial charge in [-0.1, -0.05) is 0 Å². The number of hydrogen-bond acceptors (Lipinski definition) is 3. The molecule has 1 unspecified atom stereocenters. The molecule has 1 aromatic heterocycles. The zero-order valence-corrected chi connectivity index (χ0v) is 9.18. The maximum Gasteiger partial charge on any atom is 0.0489 e. The Morgan fingerprint density at radius 3 is 3.00 bits per heavy atom. The second-order valence-corrected chi connectivity index (χ2v) is 4.31. The highest BCUT2D eigenvalue weighted by Crippen LogP contribution is 2.14. The molecule has 4 nitrogen and oxygen atoms in total. The van der Waals surface area contributed by atoms with Crippen LogP contribution in [0.15, 0.2) is 18.5 Å². The highest BCUT2D eigenvalue weighted by atomic mass is 15.3. The zero-order chi connectivity index (χ0) is 10.5. The van der Waals surface area contributed by atoms with Crippen LogP contribution in [0.25, 0.3) is 0 Å². The van der Waals surface area contributed by atoms with E-state index in [1.807, 2.05) is 23.1 Å². The van der Waals surface area contributed by atoms with E-state index in [9.17, 15) is 0 Å². The molecule has 2 N–H and O–H groups in total. The summed E-state index contributed by atoms with van der Waals surface area (Å²) in [4.78, 5) is 2.51. The third-order valence-electron chi connectivity index (χ3n) is 3.12. The topological polar surface area (TPSA) is 47.1 Å². The Labute approximate surface area is 91.1 Å². The molecule has 2 heterocycles. The normalized spacial score (nSPS) is 22.3. The van der Waals surface area contributed by atoms with E-state index in [1.54, 1.807) is 0 Å². The molecule has 0 aliphatic carbocycles. The van der Waals surface area contributed by atoms with Gasteiger partial charge in [-0.15, -0.1) is 0 Å². The summed E-state index contributed by atoms with van der Waals surface area (Å²) in [6.07, 6.45) is 6.31. The molecule has 2 rings (SSSR count). The number of hydrogen-bond donors (Lipinski definition) is 1. The van der Waals surface area contributed by atoms with Crippen molar-refractivity contribution < 1.29 is 0 Å². The van der Waals surface area contributed by atoms with Crippen molar-refractivity contribution in [3.8, 4) is 0 Å². The Morgan fingerprint density at radius 1 is 1.40 bits per heavy atom. The maximum absolute atomic E-state index is 5.66. The van der Waals surface area contributed by atoms with E-state index < -0.39 is 0 Å². The van der Waals surface area contributed by atoms with Gasteiger partial charge in [0, 0.05) is 25.5 Å². The first kappa shape index (κ1) is 10.6. The predicted molar refractivity (Wildman–Crippen MR) is 60.4 cm³/mol. The highest BCUT2D eigenvalue weighted by Gasteiger charge is 2.20. The number of nitrogens with two attached hydrogens (primary N) is 1. The van der Waals surface area contributed by atoms with Gasteiger partial charge in [0.1, 0.15) is 0 Å². The molecule has 0 saturated carbocycles. The summed E-state index contributed by atoms with van der Waals surface area (Å²) in [5.74, 6) is 0.731. The molecule has 4 heteroatoms. The summed E-state index contributed by atoms with van der Waals surface area (Å²) in [6, 6.07) is 1.97. The van der Waals surface area contributed by atoms with Crippen molar-refractivity contribution in [2.75, 3.05) is 26.2 Å². The van der Waals surface area contributed by atoms with E-state index in [0.29, 0.717) is 0 Å². The molecule has 84 valence electrons. The minimum absolute atomic E-state index is 0.731. The minimum atomic E-state index is 0.731. The van der Waals surface area contributed by atoms with Crippen LogP contribution >= 0.6 is 0 Å². The van der Waals surface area contributed by atoms with Gasteiger partial charge in [0.25, 0.3) is 0 Å². The lowest BCUT2D eigenvalue weighted by Crippen LogP contribution is -2.25. The Bertz CT molecular complexity index is 270. The van der Waals surface area contributed by atoms with Crippen molar-refractivity contribution in [1.82, 2.24) is 14.7 Å². The van der Waals surface area contributed by atoms with Gasteiger partial charge in [-0.3, -0.25) is 4.68 Å². The number of nitrogens with zero attached hydrogens (tertiary/aromatic N) is 3. The van der Waals surface area contributed by atoms with Crippen LogP contribution in [-0.4, -0.2) is 40.9 Å². The smallest absolute Gasteiger partial charge is 0.0489 e. The molecule has 1 aliphatic rings. The molecule has 1 aromatic rings. The van der Waals surface area contributed by atoms with Crippen LogP contribution in [0.5, 0.6) is 0 Å². The van der Waals surface area contributed by atoms with Gasteiger partial charge in [-0.2, -0.15) is 5.10 Å². The summed E-state index contributed by atoms with van der Waals surface area (Å²) in [7, 11) is 0. The standard InChI is InChI=1S/C11H20N4/c12-9-11-3-8-14(10-11)5-2-7-15-6-1-4-13-15/h1,4,6,11H,2-3,5,7-10,12H2. The summed E-state index contributed by atoms with van der Waals surface area (Å²) < 4.78 is 2.00. The van der Waals surface area contributed by atoms with Gasteiger partial charge in [-0.25, -0.2) is 0 Å². The van der Waals surface area contributed by atoms with Crippen molar-refractivity contribution in [3.05, 3.63) is 18.5 Å². The molecule has 0 aromatic carbocycles. The van der Waals surface area contributed by atoms with Gasteiger partial charge in [0.15, 0.2) is 0 Å². The molecule has 0 radical (unpaired) electrons. The Hall–Kier alpha value is -0.870. The monoisotopic (exact) mass is 208 g/mol. The van der Waals surface area contributed by atoms with Crippen molar-refractivity contribution in [2.45, 2.75) is 19.4 Å². The number of aryl methyl sites for hydroxylation is 1. The highest BCUT2D eigenvalue weighted by molar-refractivity contribution is 4.78. The van der Waals surface area contributed by atoms with Crippen LogP contribution in [-0.2, 0) is 6.54 Å². The van der Waals surface area contributed by atoms with Crippen molar-refractivity contribution >= 4 is 0 Å². The van der Waals surface area contributed by atoms with Gasteiger partial charge in [-0.05, 0) is 44.5 Å². The first-order valence-corrected chi connectivity index (χ1v) is 5.78. The zero-order valence-electron chi connectivity index (χ0n) is 9.18. The average Bonchev–Trinajstić information content (AvgIpc) is 2.88. The van der Waals surface area contributed by atoms with Gasteiger partial charge < -0.3 is 10.6 Å². The van der Waals surface area contributed by atoms with Crippen molar-refractivity contribution in [2.24, 2.45) is 11.7 Å². The molecule has 0 amide bonds. The Balaban J connectivity index is 1.63. The molecule has 1 fully saturated rings. The second kappa shape index (κ2) is 5.28. The third kappa shape index (κ3) is 3.04. The Morgan fingerprint density at radius 2 is 2.33 bits per heavy atom. The molecular weight excluding hydrogens is 188 g/mol. The van der Waals surface area contributed by atoms with E-state index in [4.69, 9.17) is 5.73 Å². The summed E-state index contributed by atoms with van der Waals surface area (Å²) >= 11 is 0. The van der Waals surface area contributed by atoms with Crippen LogP contribution in [0.1, 0.15) is 12.8 Å². The fourth-order valence-electron chi connectivity index (χ4n) is 2.20. The molecular formula is C11H20N4. The van der Waals surface area contributed by atoms with Crippen LogP contribution < -0.4 is 5.73 Å². The average molecular weight is 208 g/mol.